The zero-order valence-corrected chi connectivity index (χ0v) is 7.45. The van der Waals surface area contributed by atoms with E-state index in [1.165, 1.54) is 0 Å². The molecule has 0 atom stereocenters. The largest absolute Gasteiger partial charge is 0.497 e. The van der Waals surface area contributed by atoms with Gasteiger partial charge in [-0.2, -0.15) is 0 Å². The van der Waals surface area contributed by atoms with Gasteiger partial charge in [0, 0.05) is 11.1 Å². The van der Waals surface area contributed by atoms with Crippen LogP contribution < -0.4 is 10.5 Å². The second kappa shape index (κ2) is 2.98. The summed E-state index contributed by atoms with van der Waals surface area (Å²) < 4.78 is 5.12. The van der Waals surface area contributed by atoms with Crippen molar-refractivity contribution in [3.8, 4) is 5.75 Å². The normalized spacial score (nSPS) is 10.2. The first kappa shape index (κ1) is 7.92. The first-order valence-electron chi connectivity index (χ1n) is 4.13. The Morgan fingerprint density at radius 3 is 2.77 bits per heavy atom. The quantitative estimate of drug-likeness (QED) is 0.672. The maximum absolute atomic E-state index is 5.81. The zero-order chi connectivity index (χ0) is 9.26. The van der Waals surface area contributed by atoms with E-state index in [1.54, 1.807) is 7.11 Å². The summed E-state index contributed by atoms with van der Waals surface area (Å²) >= 11 is 0. The molecule has 13 heavy (non-hydrogen) atoms. The summed E-state index contributed by atoms with van der Waals surface area (Å²) in [6.07, 6.45) is 0. The fourth-order valence-electron chi connectivity index (χ4n) is 1.41. The molecule has 2 N–H and O–H groups in total. The minimum Gasteiger partial charge on any atom is -0.497 e. The van der Waals surface area contributed by atoms with Crippen molar-refractivity contribution < 1.29 is 4.74 Å². The summed E-state index contributed by atoms with van der Waals surface area (Å²) in [6, 6.07) is 11.7. The number of ether oxygens (including phenoxy) is 1. The Labute approximate surface area is 76.9 Å². The minimum atomic E-state index is 0.806. The topological polar surface area (TPSA) is 35.2 Å². The minimum absolute atomic E-state index is 0.806. The smallest absolute Gasteiger partial charge is 0.119 e. The predicted octanol–water partition coefficient (Wildman–Crippen LogP) is 2.43. The molecule has 66 valence electrons. The predicted molar refractivity (Wildman–Crippen MR) is 54.9 cm³/mol. The van der Waals surface area contributed by atoms with Crippen LogP contribution in [0, 0.1) is 0 Å². The van der Waals surface area contributed by atoms with Crippen molar-refractivity contribution in [2.45, 2.75) is 0 Å². The molecule has 0 radical (unpaired) electrons. The average molecular weight is 173 g/mol. The van der Waals surface area contributed by atoms with Gasteiger partial charge in [-0.3, -0.25) is 0 Å². The van der Waals surface area contributed by atoms with Gasteiger partial charge in [0.15, 0.2) is 0 Å². The molecule has 0 saturated heterocycles. The van der Waals surface area contributed by atoms with Gasteiger partial charge in [0.2, 0.25) is 0 Å². The van der Waals surface area contributed by atoms with Gasteiger partial charge in [-0.1, -0.05) is 12.1 Å². The SMILES string of the molecule is COc1ccc2c(N)cccc2c1. The molecule has 0 heterocycles. The van der Waals surface area contributed by atoms with Crippen molar-refractivity contribution in [1.29, 1.82) is 0 Å². The van der Waals surface area contributed by atoms with Crippen LogP contribution in [-0.2, 0) is 0 Å². The third-order valence-electron chi connectivity index (χ3n) is 2.12. The van der Waals surface area contributed by atoms with Gasteiger partial charge >= 0.3 is 0 Å². The highest BCUT2D eigenvalue weighted by molar-refractivity contribution is 5.93. The van der Waals surface area contributed by atoms with E-state index in [4.69, 9.17) is 10.5 Å². The highest BCUT2D eigenvalue weighted by Gasteiger charge is 1.97. The second-order valence-electron chi connectivity index (χ2n) is 2.93. The number of anilines is 1. The van der Waals surface area contributed by atoms with E-state index in [2.05, 4.69) is 0 Å². The number of fused-ring (bicyclic) bond motifs is 1. The first-order chi connectivity index (χ1) is 6.31. The third-order valence-corrected chi connectivity index (χ3v) is 2.12. The molecular formula is C11H11NO. The maximum atomic E-state index is 5.81. The number of nitrogens with two attached hydrogens (primary N) is 1. The first-order valence-corrected chi connectivity index (χ1v) is 4.13. The zero-order valence-electron chi connectivity index (χ0n) is 7.45. The molecule has 2 aromatic carbocycles. The fourth-order valence-corrected chi connectivity index (χ4v) is 1.41. The number of benzene rings is 2. The van der Waals surface area contributed by atoms with Crippen molar-refractivity contribution >= 4 is 16.5 Å². The van der Waals surface area contributed by atoms with Crippen LogP contribution in [0.3, 0.4) is 0 Å². The van der Waals surface area contributed by atoms with E-state index in [-0.39, 0.29) is 0 Å². The summed E-state index contributed by atoms with van der Waals surface area (Å²) in [6.45, 7) is 0. The molecule has 2 nitrogen and oxygen atoms in total. The molecule has 0 spiro atoms. The summed E-state index contributed by atoms with van der Waals surface area (Å²) in [5.74, 6) is 0.859. The molecule has 2 heteroatoms. The molecule has 0 amide bonds. The standard InChI is InChI=1S/C11H11NO/c1-13-9-5-6-10-8(7-9)3-2-4-11(10)12/h2-7H,12H2,1H3. The average Bonchev–Trinajstić information content (AvgIpc) is 2.18. The highest BCUT2D eigenvalue weighted by atomic mass is 16.5. The maximum Gasteiger partial charge on any atom is 0.119 e. The van der Waals surface area contributed by atoms with Gasteiger partial charge < -0.3 is 10.5 Å². The van der Waals surface area contributed by atoms with Gasteiger partial charge in [0.05, 0.1) is 7.11 Å². The molecular weight excluding hydrogens is 162 g/mol. The van der Waals surface area contributed by atoms with Crippen molar-refractivity contribution in [1.82, 2.24) is 0 Å². The summed E-state index contributed by atoms with van der Waals surface area (Å²) in [4.78, 5) is 0. The molecule has 0 aliphatic heterocycles. The van der Waals surface area contributed by atoms with Gasteiger partial charge in [-0.15, -0.1) is 0 Å². The number of hydrogen-bond donors (Lipinski definition) is 1. The van der Waals surface area contributed by atoms with E-state index in [1.807, 2.05) is 36.4 Å². The molecule has 2 aromatic rings. The van der Waals surface area contributed by atoms with Gasteiger partial charge in [0.25, 0.3) is 0 Å². The van der Waals surface area contributed by atoms with E-state index >= 15 is 0 Å². The monoisotopic (exact) mass is 173 g/mol. The highest BCUT2D eigenvalue weighted by Crippen LogP contribution is 2.24. The lowest BCUT2D eigenvalue weighted by atomic mass is 10.1. The van der Waals surface area contributed by atoms with Gasteiger partial charge in [-0.25, -0.2) is 0 Å². The van der Waals surface area contributed by atoms with Gasteiger partial charge in [0.1, 0.15) is 5.75 Å². The van der Waals surface area contributed by atoms with E-state index < -0.39 is 0 Å². The Kier molecular flexibility index (Phi) is 1.81. The molecule has 2 rings (SSSR count). The number of rotatable bonds is 1. The van der Waals surface area contributed by atoms with Crippen LogP contribution in [0.25, 0.3) is 10.8 Å². The molecule has 0 aliphatic carbocycles. The van der Waals surface area contributed by atoms with Gasteiger partial charge in [-0.05, 0) is 29.7 Å². The van der Waals surface area contributed by atoms with Crippen LogP contribution in [0.5, 0.6) is 5.75 Å². The summed E-state index contributed by atoms with van der Waals surface area (Å²) in [5.41, 5.74) is 6.61. The molecule has 0 unspecified atom stereocenters. The lowest BCUT2D eigenvalue weighted by Crippen LogP contribution is -1.87. The number of nitrogen functional groups attached to an aromatic ring is 1. The lowest BCUT2D eigenvalue weighted by Gasteiger charge is -2.03. The second-order valence-corrected chi connectivity index (χ2v) is 2.93. The summed E-state index contributed by atoms with van der Waals surface area (Å²) in [5, 5.41) is 2.18. The van der Waals surface area contributed by atoms with E-state index in [0.717, 1.165) is 22.2 Å². The molecule has 0 saturated carbocycles. The lowest BCUT2D eigenvalue weighted by molar-refractivity contribution is 0.415. The van der Waals surface area contributed by atoms with E-state index in [9.17, 15) is 0 Å². The Balaban J connectivity index is 2.72. The number of hydrogen-bond acceptors (Lipinski definition) is 2. The molecule has 0 fully saturated rings. The Morgan fingerprint density at radius 2 is 2.00 bits per heavy atom. The number of methoxy groups -OCH3 is 1. The van der Waals surface area contributed by atoms with Crippen molar-refractivity contribution in [2.75, 3.05) is 12.8 Å². The van der Waals surface area contributed by atoms with Crippen LogP contribution in [-0.4, -0.2) is 7.11 Å². The third kappa shape index (κ3) is 1.31. The summed E-state index contributed by atoms with van der Waals surface area (Å²) in [7, 11) is 1.66. The van der Waals surface area contributed by atoms with Crippen molar-refractivity contribution in [3.63, 3.8) is 0 Å². The fraction of sp³-hybridized carbons (Fsp3) is 0.0909. The Bertz CT molecular complexity index is 437. The van der Waals surface area contributed by atoms with Crippen molar-refractivity contribution in [2.24, 2.45) is 0 Å². The van der Waals surface area contributed by atoms with Crippen LogP contribution in [0.2, 0.25) is 0 Å². The Morgan fingerprint density at radius 1 is 1.15 bits per heavy atom. The van der Waals surface area contributed by atoms with Crippen LogP contribution in [0.1, 0.15) is 0 Å². The Hall–Kier alpha value is -1.70. The van der Waals surface area contributed by atoms with Crippen LogP contribution in [0.4, 0.5) is 5.69 Å². The van der Waals surface area contributed by atoms with Crippen molar-refractivity contribution in [3.05, 3.63) is 36.4 Å². The van der Waals surface area contributed by atoms with Crippen LogP contribution >= 0.6 is 0 Å². The molecule has 0 bridgehead atoms. The van der Waals surface area contributed by atoms with E-state index in [0.29, 0.717) is 0 Å². The molecule has 0 aliphatic rings. The molecule has 0 aromatic heterocycles. The van der Waals surface area contributed by atoms with Crippen LogP contribution in [0.15, 0.2) is 36.4 Å².